The fourth-order valence-corrected chi connectivity index (χ4v) is 1.87. The summed E-state index contributed by atoms with van der Waals surface area (Å²) in [6.07, 6.45) is 0.590. The average Bonchev–Trinajstić information content (AvgIpc) is 2.48. The van der Waals surface area contributed by atoms with E-state index in [0.717, 1.165) is 11.4 Å². The van der Waals surface area contributed by atoms with E-state index in [1.807, 2.05) is 32.9 Å². The van der Waals surface area contributed by atoms with Crippen LogP contribution in [0.25, 0.3) is 0 Å². The van der Waals surface area contributed by atoms with Crippen molar-refractivity contribution in [2.45, 2.75) is 39.7 Å². The molecule has 1 amide bonds. The van der Waals surface area contributed by atoms with Crippen molar-refractivity contribution < 1.29 is 9.53 Å². The molecule has 4 heteroatoms. The van der Waals surface area contributed by atoms with Crippen molar-refractivity contribution in [1.82, 2.24) is 0 Å². The van der Waals surface area contributed by atoms with Gasteiger partial charge in [-0.1, -0.05) is 6.92 Å². The number of thiophene rings is 1. The maximum atomic E-state index is 11.4. The van der Waals surface area contributed by atoms with Gasteiger partial charge in [0.25, 0.3) is 0 Å². The van der Waals surface area contributed by atoms with Crippen LogP contribution in [0.2, 0.25) is 0 Å². The number of aryl methyl sites for hydroxylation is 1. The van der Waals surface area contributed by atoms with E-state index in [0.29, 0.717) is 0 Å². The van der Waals surface area contributed by atoms with Gasteiger partial charge in [0.1, 0.15) is 5.60 Å². The van der Waals surface area contributed by atoms with Gasteiger partial charge < -0.3 is 4.74 Å². The average molecular weight is 227 g/mol. The zero-order valence-corrected chi connectivity index (χ0v) is 10.4. The van der Waals surface area contributed by atoms with Crippen molar-refractivity contribution >= 4 is 22.4 Å². The van der Waals surface area contributed by atoms with Crippen molar-refractivity contribution in [3.8, 4) is 0 Å². The van der Waals surface area contributed by atoms with Gasteiger partial charge in [0, 0.05) is 4.88 Å². The van der Waals surface area contributed by atoms with E-state index in [2.05, 4.69) is 12.2 Å². The van der Waals surface area contributed by atoms with E-state index in [1.54, 1.807) is 11.3 Å². The van der Waals surface area contributed by atoms with Gasteiger partial charge in [-0.2, -0.15) is 0 Å². The second kappa shape index (κ2) is 4.66. The number of ether oxygens (including phenoxy) is 1. The smallest absolute Gasteiger partial charge is 0.412 e. The molecule has 1 aromatic rings. The summed E-state index contributed by atoms with van der Waals surface area (Å²) in [7, 11) is 0. The highest BCUT2D eigenvalue weighted by Gasteiger charge is 2.16. The zero-order chi connectivity index (χ0) is 11.5. The summed E-state index contributed by atoms with van der Waals surface area (Å²) in [6, 6.07) is 3.91. The quantitative estimate of drug-likeness (QED) is 0.837. The van der Waals surface area contributed by atoms with Crippen LogP contribution in [0.15, 0.2) is 12.1 Å². The van der Waals surface area contributed by atoms with Crippen LogP contribution < -0.4 is 5.32 Å². The van der Waals surface area contributed by atoms with Gasteiger partial charge in [-0.15, -0.1) is 11.3 Å². The van der Waals surface area contributed by atoms with E-state index < -0.39 is 11.7 Å². The topological polar surface area (TPSA) is 38.3 Å². The Labute approximate surface area is 94.5 Å². The van der Waals surface area contributed by atoms with Crippen LogP contribution >= 0.6 is 11.3 Å². The van der Waals surface area contributed by atoms with Crippen LogP contribution in [0.4, 0.5) is 9.80 Å². The molecule has 0 saturated heterocycles. The molecule has 15 heavy (non-hydrogen) atoms. The highest BCUT2D eigenvalue weighted by molar-refractivity contribution is 7.16. The first-order valence-corrected chi connectivity index (χ1v) is 5.81. The van der Waals surface area contributed by atoms with E-state index in [9.17, 15) is 4.79 Å². The Balaban J connectivity index is 2.51. The number of hydrogen-bond donors (Lipinski definition) is 1. The highest BCUT2D eigenvalue weighted by atomic mass is 32.1. The summed E-state index contributed by atoms with van der Waals surface area (Å²) < 4.78 is 5.14. The monoisotopic (exact) mass is 227 g/mol. The van der Waals surface area contributed by atoms with E-state index >= 15 is 0 Å². The molecule has 0 bridgehead atoms. The van der Waals surface area contributed by atoms with Crippen LogP contribution in [-0.2, 0) is 11.2 Å². The van der Waals surface area contributed by atoms with Gasteiger partial charge in [-0.25, -0.2) is 4.79 Å². The number of carbonyl (C=O) groups is 1. The fraction of sp³-hybridized carbons (Fsp3) is 0.545. The van der Waals surface area contributed by atoms with E-state index in [1.165, 1.54) is 4.88 Å². The lowest BCUT2D eigenvalue weighted by molar-refractivity contribution is 0.0636. The van der Waals surface area contributed by atoms with Crippen molar-refractivity contribution in [3.05, 3.63) is 17.0 Å². The number of amides is 1. The standard InChI is InChI=1S/C11H17NO2S/c1-5-8-6-7-9(15-8)12-10(13)14-11(2,3)4/h6-7H,5H2,1-4H3,(H,12,13). The molecule has 1 heterocycles. The minimum atomic E-state index is -0.449. The van der Waals surface area contributed by atoms with Gasteiger partial charge in [0.15, 0.2) is 0 Å². The van der Waals surface area contributed by atoms with Crippen LogP contribution in [-0.4, -0.2) is 11.7 Å². The Morgan fingerprint density at radius 1 is 1.47 bits per heavy atom. The zero-order valence-electron chi connectivity index (χ0n) is 9.59. The molecule has 0 aliphatic heterocycles. The van der Waals surface area contributed by atoms with Crippen molar-refractivity contribution in [3.63, 3.8) is 0 Å². The van der Waals surface area contributed by atoms with Crippen LogP contribution in [0.3, 0.4) is 0 Å². The molecule has 0 spiro atoms. The van der Waals surface area contributed by atoms with Gasteiger partial charge in [0.05, 0.1) is 5.00 Å². The Bertz CT molecular complexity index is 339. The molecule has 0 fully saturated rings. The molecule has 0 atom stereocenters. The Kier molecular flexibility index (Phi) is 3.74. The van der Waals surface area contributed by atoms with Crippen LogP contribution in [0, 0.1) is 0 Å². The minimum absolute atomic E-state index is 0.396. The molecule has 1 rings (SSSR count). The first-order valence-electron chi connectivity index (χ1n) is 4.99. The molecule has 3 nitrogen and oxygen atoms in total. The second-order valence-electron chi connectivity index (χ2n) is 4.25. The molecule has 0 saturated carbocycles. The minimum Gasteiger partial charge on any atom is -0.444 e. The van der Waals surface area contributed by atoms with Crippen LogP contribution in [0.1, 0.15) is 32.6 Å². The molecule has 84 valence electrons. The molecule has 0 aromatic carbocycles. The third-order valence-electron chi connectivity index (χ3n) is 1.63. The molecule has 0 unspecified atom stereocenters. The summed E-state index contributed by atoms with van der Waals surface area (Å²) in [5, 5.41) is 3.54. The second-order valence-corrected chi connectivity index (χ2v) is 5.41. The SMILES string of the molecule is CCc1ccc(NC(=O)OC(C)(C)C)s1. The van der Waals surface area contributed by atoms with E-state index in [-0.39, 0.29) is 0 Å². The number of rotatable bonds is 2. The lowest BCUT2D eigenvalue weighted by atomic mass is 10.2. The predicted molar refractivity (Wildman–Crippen MR) is 63.6 cm³/mol. The molecule has 0 aliphatic rings. The molecule has 0 aliphatic carbocycles. The summed E-state index contributed by atoms with van der Waals surface area (Å²) in [4.78, 5) is 12.6. The summed E-state index contributed by atoms with van der Waals surface area (Å²) in [5.74, 6) is 0. The maximum absolute atomic E-state index is 11.4. The lowest BCUT2D eigenvalue weighted by Crippen LogP contribution is -2.26. The molecular weight excluding hydrogens is 210 g/mol. The first kappa shape index (κ1) is 12.0. The maximum Gasteiger partial charge on any atom is 0.412 e. The number of carbonyl (C=O) groups excluding carboxylic acids is 1. The number of hydrogen-bond acceptors (Lipinski definition) is 3. The Morgan fingerprint density at radius 3 is 2.60 bits per heavy atom. The van der Waals surface area contributed by atoms with Gasteiger partial charge in [0.2, 0.25) is 0 Å². The van der Waals surface area contributed by atoms with Crippen molar-refractivity contribution in [1.29, 1.82) is 0 Å². The fourth-order valence-electron chi connectivity index (χ4n) is 1.04. The number of anilines is 1. The summed E-state index contributed by atoms with van der Waals surface area (Å²) in [5.41, 5.74) is -0.449. The first-order chi connectivity index (χ1) is 6.90. The van der Waals surface area contributed by atoms with Gasteiger partial charge >= 0.3 is 6.09 Å². The van der Waals surface area contributed by atoms with Gasteiger partial charge in [-0.05, 0) is 39.3 Å². The summed E-state index contributed by atoms with van der Waals surface area (Å²) >= 11 is 1.58. The lowest BCUT2D eigenvalue weighted by Gasteiger charge is -2.19. The Hall–Kier alpha value is -1.03. The molecule has 1 aromatic heterocycles. The molecule has 0 radical (unpaired) electrons. The van der Waals surface area contributed by atoms with Crippen LogP contribution in [0.5, 0.6) is 0 Å². The van der Waals surface area contributed by atoms with Gasteiger partial charge in [-0.3, -0.25) is 5.32 Å². The third kappa shape index (κ3) is 4.34. The molecule has 1 N–H and O–H groups in total. The molecular formula is C11H17NO2S. The predicted octanol–water partition coefficient (Wildman–Crippen LogP) is 3.66. The third-order valence-corrected chi connectivity index (χ3v) is 2.78. The highest BCUT2D eigenvalue weighted by Crippen LogP contribution is 2.22. The largest absolute Gasteiger partial charge is 0.444 e. The Morgan fingerprint density at radius 2 is 2.13 bits per heavy atom. The van der Waals surface area contributed by atoms with E-state index in [4.69, 9.17) is 4.74 Å². The normalized spacial score (nSPS) is 11.2. The summed E-state index contributed by atoms with van der Waals surface area (Å²) in [6.45, 7) is 7.62. The number of nitrogens with one attached hydrogen (secondary N) is 1. The van der Waals surface area contributed by atoms with Crippen molar-refractivity contribution in [2.75, 3.05) is 5.32 Å². The van der Waals surface area contributed by atoms with Crippen molar-refractivity contribution in [2.24, 2.45) is 0 Å².